The van der Waals surface area contributed by atoms with Gasteiger partial charge in [-0.15, -0.1) is 0 Å². The number of hydrogen-bond acceptors (Lipinski definition) is 6. The van der Waals surface area contributed by atoms with E-state index in [0.717, 1.165) is 43.9 Å². The Morgan fingerprint density at radius 3 is 2.25 bits per heavy atom. The molecule has 7 heteroatoms. The van der Waals surface area contributed by atoms with Gasteiger partial charge in [0.25, 0.3) is 0 Å². The van der Waals surface area contributed by atoms with Crippen LogP contribution < -0.4 is 18.9 Å². The molecule has 1 aliphatic rings. The maximum Gasteiger partial charge on any atom is 0.227 e. The van der Waals surface area contributed by atoms with Gasteiger partial charge in [-0.05, 0) is 53.9 Å². The van der Waals surface area contributed by atoms with Gasteiger partial charge in [-0.1, -0.05) is 30.3 Å². The smallest absolute Gasteiger partial charge is 0.227 e. The molecule has 0 atom stereocenters. The van der Waals surface area contributed by atoms with Crippen LogP contribution in [0.1, 0.15) is 17.5 Å². The number of benzene rings is 3. The van der Waals surface area contributed by atoms with Crippen LogP contribution in [0.2, 0.25) is 0 Å². The predicted octanol–water partition coefficient (Wildman–Crippen LogP) is 4.78. The second kappa shape index (κ2) is 12.3. The van der Waals surface area contributed by atoms with Crippen molar-refractivity contribution < 1.29 is 23.7 Å². The fraction of sp³-hybridized carbons (Fsp3) is 0.345. The first-order valence-electron chi connectivity index (χ1n) is 12.2. The highest BCUT2D eigenvalue weighted by molar-refractivity contribution is 5.79. The summed E-state index contributed by atoms with van der Waals surface area (Å²) in [5.74, 6) is 3.61. The van der Waals surface area contributed by atoms with E-state index in [1.165, 1.54) is 5.56 Å². The van der Waals surface area contributed by atoms with Crippen LogP contribution in [0.4, 0.5) is 0 Å². The van der Waals surface area contributed by atoms with E-state index >= 15 is 0 Å². The van der Waals surface area contributed by atoms with Crippen molar-refractivity contribution in [3.8, 4) is 28.7 Å². The van der Waals surface area contributed by atoms with Crippen LogP contribution in [0.25, 0.3) is 0 Å². The van der Waals surface area contributed by atoms with Crippen LogP contribution in [-0.4, -0.2) is 63.2 Å². The zero-order valence-corrected chi connectivity index (χ0v) is 21.2. The fourth-order valence-corrected chi connectivity index (χ4v) is 4.45. The Morgan fingerprint density at radius 2 is 1.47 bits per heavy atom. The molecule has 0 bridgehead atoms. The van der Waals surface area contributed by atoms with Crippen LogP contribution in [0, 0.1) is 0 Å². The lowest BCUT2D eigenvalue weighted by Gasteiger charge is -2.22. The molecule has 0 radical (unpaired) electrons. The van der Waals surface area contributed by atoms with Crippen molar-refractivity contribution in [1.82, 2.24) is 9.80 Å². The summed E-state index contributed by atoms with van der Waals surface area (Å²) in [5, 5.41) is 0. The van der Waals surface area contributed by atoms with Gasteiger partial charge in [0.1, 0.15) is 5.75 Å². The largest absolute Gasteiger partial charge is 0.493 e. The molecule has 0 unspecified atom stereocenters. The Bertz CT molecular complexity index is 1170. The van der Waals surface area contributed by atoms with Crippen molar-refractivity contribution in [1.29, 1.82) is 0 Å². The minimum atomic E-state index is 0.135. The Hall–Kier alpha value is -3.71. The molecule has 7 nitrogen and oxygen atoms in total. The average molecular weight is 491 g/mol. The third kappa shape index (κ3) is 6.49. The van der Waals surface area contributed by atoms with E-state index in [1.54, 1.807) is 21.3 Å². The lowest BCUT2D eigenvalue weighted by atomic mass is 10.1. The summed E-state index contributed by atoms with van der Waals surface area (Å²) >= 11 is 0. The number of rotatable bonds is 9. The first kappa shape index (κ1) is 25.4. The molecular formula is C29H34N2O5. The highest BCUT2D eigenvalue weighted by Gasteiger charge is 2.20. The van der Waals surface area contributed by atoms with Gasteiger partial charge in [-0.3, -0.25) is 9.69 Å². The normalized spacial score (nSPS) is 14.1. The highest BCUT2D eigenvalue weighted by atomic mass is 16.5. The van der Waals surface area contributed by atoms with Crippen LogP contribution >= 0.6 is 0 Å². The number of amides is 1. The van der Waals surface area contributed by atoms with Crippen molar-refractivity contribution >= 4 is 5.91 Å². The fourth-order valence-electron chi connectivity index (χ4n) is 4.45. The van der Waals surface area contributed by atoms with E-state index in [4.69, 9.17) is 18.9 Å². The van der Waals surface area contributed by atoms with Gasteiger partial charge in [-0.2, -0.15) is 0 Å². The summed E-state index contributed by atoms with van der Waals surface area (Å²) in [5.41, 5.74) is 2.10. The first-order valence-corrected chi connectivity index (χ1v) is 12.2. The van der Waals surface area contributed by atoms with E-state index in [0.29, 0.717) is 36.0 Å². The second-order valence-corrected chi connectivity index (χ2v) is 8.78. The number of carbonyl (C=O) groups is 1. The highest BCUT2D eigenvalue weighted by Crippen LogP contribution is 2.31. The molecule has 0 aromatic heterocycles. The zero-order valence-electron chi connectivity index (χ0n) is 21.2. The summed E-state index contributed by atoms with van der Waals surface area (Å²) in [6.07, 6.45) is 1.29. The van der Waals surface area contributed by atoms with Gasteiger partial charge in [0.15, 0.2) is 23.0 Å². The Labute approximate surface area is 213 Å². The molecule has 1 heterocycles. The maximum absolute atomic E-state index is 13.0. The van der Waals surface area contributed by atoms with Gasteiger partial charge in [0.05, 0.1) is 27.8 Å². The summed E-state index contributed by atoms with van der Waals surface area (Å²) in [6, 6.07) is 21.4. The Kier molecular flexibility index (Phi) is 8.68. The quantitative estimate of drug-likeness (QED) is 0.430. The maximum atomic E-state index is 13.0. The second-order valence-electron chi connectivity index (χ2n) is 8.78. The number of carbonyl (C=O) groups excluding carboxylic acids is 1. The van der Waals surface area contributed by atoms with Crippen LogP contribution in [0.5, 0.6) is 28.7 Å². The number of para-hydroxylation sites is 2. The monoisotopic (exact) mass is 490 g/mol. The molecule has 190 valence electrons. The molecule has 1 amide bonds. The summed E-state index contributed by atoms with van der Waals surface area (Å²) in [7, 11) is 4.85. The van der Waals surface area contributed by atoms with Crippen LogP contribution in [-0.2, 0) is 17.8 Å². The summed E-state index contributed by atoms with van der Waals surface area (Å²) in [6.45, 7) is 4.05. The van der Waals surface area contributed by atoms with Crippen molar-refractivity contribution in [2.24, 2.45) is 0 Å². The van der Waals surface area contributed by atoms with Gasteiger partial charge in [0, 0.05) is 32.7 Å². The van der Waals surface area contributed by atoms with E-state index in [1.807, 2.05) is 59.5 Å². The number of hydrogen-bond donors (Lipinski definition) is 0. The molecule has 0 N–H and O–H groups in total. The molecule has 1 aliphatic heterocycles. The zero-order chi connectivity index (χ0) is 25.3. The molecule has 1 saturated heterocycles. The van der Waals surface area contributed by atoms with Crippen molar-refractivity contribution in [2.75, 3.05) is 47.5 Å². The van der Waals surface area contributed by atoms with Crippen molar-refractivity contribution in [3.05, 3.63) is 77.9 Å². The van der Waals surface area contributed by atoms with Gasteiger partial charge in [0.2, 0.25) is 5.91 Å². The third-order valence-corrected chi connectivity index (χ3v) is 6.35. The molecule has 0 saturated carbocycles. The molecular weight excluding hydrogens is 456 g/mol. The summed E-state index contributed by atoms with van der Waals surface area (Å²) in [4.78, 5) is 17.4. The SMILES string of the molecule is COc1ccc(CC(=O)N2CCCN(Cc3cccc(Oc4ccccc4OC)c3)CC2)cc1OC. The predicted molar refractivity (Wildman–Crippen MR) is 139 cm³/mol. The first-order chi connectivity index (χ1) is 17.6. The molecule has 36 heavy (non-hydrogen) atoms. The van der Waals surface area contributed by atoms with Crippen molar-refractivity contribution in [3.63, 3.8) is 0 Å². The van der Waals surface area contributed by atoms with E-state index in [-0.39, 0.29) is 5.91 Å². The van der Waals surface area contributed by atoms with E-state index < -0.39 is 0 Å². The molecule has 0 spiro atoms. The Morgan fingerprint density at radius 1 is 0.722 bits per heavy atom. The average Bonchev–Trinajstić information content (AvgIpc) is 3.15. The minimum absolute atomic E-state index is 0.135. The van der Waals surface area contributed by atoms with Crippen molar-refractivity contribution in [2.45, 2.75) is 19.4 Å². The van der Waals surface area contributed by atoms with Gasteiger partial charge in [-0.25, -0.2) is 0 Å². The number of nitrogens with zero attached hydrogens (tertiary/aromatic N) is 2. The molecule has 3 aromatic carbocycles. The van der Waals surface area contributed by atoms with Gasteiger partial charge < -0.3 is 23.8 Å². The van der Waals surface area contributed by atoms with Crippen LogP contribution in [0.3, 0.4) is 0 Å². The number of methoxy groups -OCH3 is 3. The third-order valence-electron chi connectivity index (χ3n) is 6.35. The Balaban J connectivity index is 1.33. The topological polar surface area (TPSA) is 60.5 Å². The van der Waals surface area contributed by atoms with E-state index in [2.05, 4.69) is 17.0 Å². The molecule has 1 fully saturated rings. The lowest BCUT2D eigenvalue weighted by molar-refractivity contribution is -0.130. The molecule has 3 aromatic rings. The summed E-state index contributed by atoms with van der Waals surface area (Å²) < 4.78 is 22.1. The van der Waals surface area contributed by atoms with Crippen LogP contribution in [0.15, 0.2) is 66.7 Å². The standard InChI is InChI=1S/C29H34N2O5/c1-33-25-10-4-5-11-27(25)36-24-9-6-8-23(18-24)21-30-14-7-15-31(17-16-30)29(32)20-22-12-13-26(34-2)28(19-22)35-3/h4-6,8-13,18-19H,7,14-17,20-21H2,1-3H3. The number of ether oxygens (including phenoxy) is 4. The molecule has 0 aliphatic carbocycles. The lowest BCUT2D eigenvalue weighted by Crippen LogP contribution is -2.36. The minimum Gasteiger partial charge on any atom is -0.493 e. The van der Waals surface area contributed by atoms with Gasteiger partial charge >= 0.3 is 0 Å². The van der Waals surface area contributed by atoms with E-state index in [9.17, 15) is 4.79 Å². The molecule has 4 rings (SSSR count).